The van der Waals surface area contributed by atoms with E-state index in [-0.39, 0.29) is 0 Å². The van der Waals surface area contributed by atoms with Gasteiger partial charge in [0.1, 0.15) is 16.5 Å². The number of hydrogen-bond donors (Lipinski definition) is 0. The Kier molecular flexibility index (Phi) is 4.14. The van der Waals surface area contributed by atoms with Gasteiger partial charge in [0.05, 0.1) is 0 Å². The van der Waals surface area contributed by atoms with Crippen molar-refractivity contribution in [3.8, 4) is 0 Å². The van der Waals surface area contributed by atoms with Crippen molar-refractivity contribution in [2.24, 2.45) is 0 Å². The minimum absolute atomic E-state index is 0.387. The molecule has 0 N–H and O–H groups in total. The predicted octanol–water partition coefficient (Wildman–Crippen LogP) is 4.12. The molecule has 0 aliphatic heterocycles. The van der Waals surface area contributed by atoms with Crippen LogP contribution in [0.25, 0.3) is 0 Å². The third kappa shape index (κ3) is 2.79. The Bertz CT molecular complexity index is 578. The second-order valence-corrected chi connectivity index (χ2v) is 4.90. The van der Waals surface area contributed by atoms with E-state index in [0.717, 1.165) is 17.7 Å². The average Bonchev–Trinajstić information content (AvgIpc) is 2.34. The van der Waals surface area contributed by atoms with Crippen molar-refractivity contribution in [1.29, 1.82) is 0 Å². The number of nitrogens with zero attached hydrogens (tertiary/aromatic N) is 2. The fraction of sp³-hybridized carbons (Fsp3) is 0.167. The first-order valence-electron chi connectivity index (χ1n) is 5.24. The van der Waals surface area contributed by atoms with Crippen LogP contribution in [-0.4, -0.2) is 9.97 Å². The normalized spacial score (nSPS) is 10.7. The molecule has 0 radical (unpaired) electrons. The Morgan fingerprint density at radius 3 is 2.67 bits per heavy atom. The molecule has 18 heavy (non-hydrogen) atoms. The smallest absolute Gasteiger partial charge is 0.159 e. The second-order valence-electron chi connectivity index (χ2n) is 3.48. The van der Waals surface area contributed by atoms with Crippen molar-refractivity contribution in [1.82, 2.24) is 9.97 Å². The van der Waals surface area contributed by atoms with Gasteiger partial charge in [-0.3, -0.25) is 0 Å². The van der Waals surface area contributed by atoms with Gasteiger partial charge in [0, 0.05) is 10.5 Å². The fourth-order valence-electron chi connectivity index (χ4n) is 1.41. The molecular weight excluding hydrogens is 278 g/mol. The van der Waals surface area contributed by atoms with E-state index in [2.05, 4.69) is 9.97 Å². The summed E-state index contributed by atoms with van der Waals surface area (Å²) < 4.78 is 25.9. The molecule has 0 spiro atoms. The molecule has 94 valence electrons. The van der Waals surface area contributed by atoms with Crippen LogP contribution in [-0.2, 0) is 6.42 Å². The van der Waals surface area contributed by atoms with Crippen molar-refractivity contribution in [3.63, 3.8) is 0 Å². The van der Waals surface area contributed by atoms with Crippen LogP contribution >= 0.6 is 23.4 Å². The number of benzene rings is 1. The molecule has 0 saturated carbocycles. The predicted molar refractivity (Wildman–Crippen MR) is 66.9 cm³/mol. The molecule has 0 fully saturated rings. The summed E-state index contributed by atoms with van der Waals surface area (Å²) in [6.45, 7) is 1.93. The Hall–Kier alpha value is -1.20. The molecule has 0 atom stereocenters. The third-order valence-electron chi connectivity index (χ3n) is 2.31. The third-order valence-corrected chi connectivity index (χ3v) is 3.67. The molecule has 1 aromatic heterocycles. The lowest BCUT2D eigenvalue weighted by atomic mass is 10.3. The topological polar surface area (TPSA) is 25.8 Å². The van der Waals surface area contributed by atoms with E-state index in [1.165, 1.54) is 24.2 Å². The van der Waals surface area contributed by atoms with Crippen LogP contribution in [0.3, 0.4) is 0 Å². The summed E-state index contributed by atoms with van der Waals surface area (Å²) in [4.78, 5) is 8.57. The maximum absolute atomic E-state index is 13.1. The van der Waals surface area contributed by atoms with Gasteiger partial charge in [-0.05, 0) is 24.6 Å². The van der Waals surface area contributed by atoms with Gasteiger partial charge in [-0.15, -0.1) is 0 Å². The number of hydrogen-bond acceptors (Lipinski definition) is 3. The summed E-state index contributed by atoms with van der Waals surface area (Å²) >= 11 is 7.19. The van der Waals surface area contributed by atoms with Gasteiger partial charge in [0.25, 0.3) is 0 Å². The minimum atomic E-state index is -0.877. The van der Waals surface area contributed by atoms with Gasteiger partial charge in [-0.1, -0.05) is 30.3 Å². The number of halogens is 3. The highest BCUT2D eigenvalue weighted by molar-refractivity contribution is 7.99. The summed E-state index contributed by atoms with van der Waals surface area (Å²) in [5.41, 5.74) is 0.800. The lowest BCUT2D eigenvalue weighted by Crippen LogP contribution is -1.94. The van der Waals surface area contributed by atoms with Gasteiger partial charge < -0.3 is 0 Å². The van der Waals surface area contributed by atoms with E-state index in [1.54, 1.807) is 0 Å². The van der Waals surface area contributed by atoms with Crippen molar-refractivity contribution in [3.05, 3.63) is 46.9 Å². The van der Waals surface area contributed by atoms with Crippen molar-refractivity contribution in [2.75, 3.05) is 0 Å². The van der Waals surface area contributed by atoms with Crippen LogP contribution in [0.2, 0.25) is 5.15 Å². The van der Waals surface area contributed by atoms with Gasteiger partial charge >= 0.3 is 0 Å². The summed E-state index contributed by atoms with van der Waals surface area (Å²) in [5.74, 6) is -1.74. The Morgan fingerprint density at radius 2 is 2.00 bits per heavy atom. The van der Waals surface area contributed by atoms with Gasteiger partial charge in [-0.25, -0.2) is 18.7 Å². The molecule has 1 heterocycles. The highest BCUT2D eigenvalue weighted by Crippen LogP contribution is 2.31. The summed E-state index contributed by atoms with van der Waals surface area (Å²) in [7, 11) is 0. The lowest BCUT2D eigenvalue weighted by Gasteiger charge is -2.07. The van der Waals surface area contributed by atoms with E-state index in [0.29, 0.717) is 21.5 Å². The number of aromatic nitrogens is 2. The van der Waals surface area contributed by atoms with Crippen LogP contribution in [0.1, 0.15) is 12.5 Å². The maximum atomic E-state index is 13.1. The summed E-state index contributed by atoms with van der Waals surface area (Å²) in [6, 6.07) is 3.72. The highest BCUT2D eigenvalue weighted by atomic mass is 35.5. The zero-order valence-electron chi connectivity index (χ0n) is 9.45. The zero-order chi connectivity index (χ0) is 13.1. The van der Waals surface area contributed by atoms with Crippen molar-refractivity contribution in [2.45, 2.75) is 23.3 Å². The quantitative estimate of drug-likeness (QED) is 0.794. The van der Waals surface area contributed by atoms with Crippen LogP contribution < -0.4 is 0 Å². The summed E-state index contributed by atoms with van der Waals surface area (Å²) in [5, 5.41) is 1.04. The first kappa shape index (κ1) is 13.2. The Labute approximate surface area is 112 Å². The monoisotopic (exact) mass is 286 g/mol. The summed E-state index contributed by atoms with van der Waals surface area (Å²) in [6.07, 6.45) is 2.02. The van der Waals surface area contributed by atoms with E-state index in [4.69, 9.17) is 11.6 Å². The second kappa shape index (κ2) is 5.63. The molecule has 0 bridgehead atoms. The molecule has 2 nitrogen and oxygen atoms in total. The van der Waals surface area contributed by atoms with Crippen LogP contribution in [0, 0.1) is 11.6 Å². The maximum Gasteiger partial charge on any atom is 0.159 e. The molecule has 1 aromatic carbocycles. The molecule has 2 rings (SSSR count). The molecule has 2 aromatic rings. The molecular formula is C12H9ClF2N2S. The van der Waals surface area contributed by atoms with E-state index in [1.807, 2.05) is 6.92 Å². The van der Waals surface area contributed by atoms with Crippen LogP contribution in [0.5, 0.6) is 0 Å². The van der Waals surface area contributed by atoms with E-state index < -0.39 is 11.6 Å². The fourth-order valence-corrected chi connectivity index (χ4v) is 2.72. The van der Waals surface area contributed by atoms with E-state index >= 15 is 0 Å². The molecule has 6 heteroatoms. The number of rotatable bonds is 3. The van der Waals surface area contributed by atoms with Gasteiger partial charge in [-0.2, -0.15) is 0 Å². The van der Waals surface area contributed by atoms with E-state index in [9.17, 15) is 8.78 Å². The molecule has 0 unspecified atom stereocenters. The highest BCUT2D eigenvalue weighted by Gasteiger charge is 2.11. The minimum Gasteiger partial charge on any atom is -0.229 e. The largest absolute Gasteiger partial charge is 0.229 e. The molecule has 0 amide bonds. The SMILES string of the molecule is CCc1c(Cl)ncnc1Sc1ccc(F)c(F)c1. The van der Waals surface area contributed by atoms with Crippen LogP contribution in [0.15, 0.2) is 34.4 Å². The molecule has 0 aliphatic rings. The van der Waals surface area contributed by atoms with Crippen molar-refractivity contribution >= 4 is 23.4 Å². The Morgan fingerprint density at radius 1 is 1.22 bits per heavy atom. The van der Waals surface area contributed by atoms with Crippen molar-refractivity contribution < 1.29 is 8.78 Å². The first-order valence-corrected chi connectivity index (χ1v) is 6.43. The molecule has 0 saturated heterocycles. The average molecular weight is 287 g/mol. The standard InChI is InChI=1S/C12H9ClF2N2S/c1-2-8-11(13)16-6-17-12(8)18-7-3-4-9(14)10(15)5-7/h3-6H,2H2,1H3. The molecule has 0 aliphatic carbocycles. The van der Waals surface area contributed by atoms with Gasteiger partial charge in [0.2, 0.25) is 0 Å². The van der Waals surface area contributed by atoms with Crippen LogP contribution in [0.4, 0.5) is 8.78 Å². The van der Waals surface area contributed by atoms with Gasteiger partial charge in [0.15, 0.2) is 11.6 Å². The first-order chi connectivity index (χ1) is 8.61. The zero-order valence-corrected chi connectivity index (χ0v) is 11.0. The Balaban J connectivity index is 2.34. The lowest BCUT2D eigenvalue weighted by molar-refractivity contribution is 0.506.